The Balaban J connectivity index is 2.15. The Bertz CT molecular complexity index is 728. The van der Waals surface area contributed by atoms with Crippen LogP contribution in [-0.2, 0) is 17.9 Å². The zero-order valence-electron chi connectivity index (χ0n) is 14.1. The molecule has 2 aromatic rings. The van der Waals surface area contributed by atoms with Crippen LogP contribution in [0, 0.1) is 0 Å². The van der Waals surface area contributed by atoms with Crippen molar-refractivity contribution in [1.82, 2.24) is 10.4 Å². The number of hydroxylamine groups is 1. The summed E-state index contributed by atoms with van der Waals surface area (Å²) in [5.74, 6) is 0.269. The van der Waals surface area contributed by atoms with Gasteiger partial charge in [0.1, 0.15) is 11.5 Å². The Hall–Kier alpha value is -2.83. The molecule has 132 valence electrons. The van der Waals surface area contributed by atoms with Gasteiger partial charge in [-0.1, -0.05) is 36.9 Å². The zero-order chi connectivity index (χ0) is 18.2. The standard InChI is InChI=1S/C19H22N2O4/c1-14(22)17-5-3-4-16(10-17)12-21(13-19(23)20-24)11-15-6-8-18(25-2)9-7-15/h3-10,22,24H,1,11-13H2,2H3,(H,20,23). The number of aliphatic hydroxyl groups is 1. The highest BCUT2D eigenvalue weighted by atomic mass is 16.5. The van der Waals surface area contributed by atoms with Gasteiger partial charge in [-0.3, -0.25) is 14.9 Å². The van der Waals surface area contributed by atoms with E-state index >= 15 is 0 Å². The maximum Gasteiger partial charge on any atom is 0.257 e. The summed E-state index contributed by atoms with van der Waals surface area (Å²) in [5, 5.41) is 18.3. The average molecular weight is 342 g/mol. The van der Waals surface area contributed by atoms with E-state index in [1.54, 1.807) is 18.7 Å². The van der Waals surface area contributed by atoms with Crippen molar-refractivity contribution in [3.05, 3.63) is 71.8 Å². The molecule has 0 aliphatic rings. The van der Waals surface area contributed by atoms with Gasteiger partial charge in [-0.15, -0.1) is 0 Å². The molecule has 1 amide bonds. The molecule has 0 atom stereocenters. The molecule has 6 heteroatoms. The van der Waals surface area contributed by atoms with Gasteiger partial charge in [0.15, 0.2) is 0 Å². The number of rotatable bonds is 8. The summed E-state index contributed by atoms with van der Waals surface area (Å²) in [4.78, 5) is 13.5. The van der Waals surface area contributed by atoms with Crippen LogP contribution in [0.1, 0.15) is 16.7 Å². The van der Waals surface area contributed by atoms with Crippen molar-refractivity contribution in [3.8, 4) is 5.75 Å². The zero-order valence-corrected chi connectivity index (χ0v) is 14.1. The molecule has 0 aromatic heterocycles. The summed E-state index contributed by atoms with van der Waals surface area (Å²) >= 11 is 0. The van der Waals surface area contributed by atoms with Crippen LogP contribution in [0.2, 0.25) is 0 Å². The van der Waals surface area contributed by atoms with Crippen LogP contribution >= 0.6 is 0 Å². The first kappa shape index (κ1) is 18.5. The minimum Gasteiger partial charge on any atom is -0.508 e. The Labute approximate surface area is 146 Å². The Morgan fingerprint density at radius 1 is 1.16 bits per heavy atom. The number of hydrogen-bond donors (Lipinski definition) is 3. The predicted molar refractivity (Wildman–Crippen MR) is 95.1 cm³/mol. The summed E-state index contributed by atoms with van der Waals surface area (Å²) in [6.45, 7) is 4.55. The van der Waals surface area contributed by atoms with Crippen molar-refractivity contribution >= 4 is 11.7 Å². The SMILES string of the molecule is C=C(O)c1cccc(CN(CC(=O)NO)Cc2ccc(OC)cc2)c1. The van der Waals surface area contributed by atoms with Crippen molar-refractivity contribution < 1.29 is 19.8 Å². The number of ether oxygens (including phenoxy) is 1. The second-order valence-electron chi connectivity index (χ2n) is 5.68. The van der Waals surface area contributed by atoms with Crippen molar-refractivity contribution in [2.24, 2.45) is 0 Å². The Morgan fingerprint density at radius 3 is 2.44 bits per heavy atom. The monoisotopic (exact) mass is 342 g/mol. The molecule has 2 rings (SSSR count). The van der Waals surface area contributed by atoms with E-state index in [2.05, 4.69) is 6.58 Å². The van der Waals surface area contributed by atoms with Gasteiger partial charge in [0.25, 0.3) is 5.91 Å². The fraction of sp³-hybridized carbons (Fsp3) is 0.211. The minimum atomic E-state index is -0.490. The number of aliphatic hydroxyl groups excluding tert-OH is 1. The highest BCUT2D eigenvalue weighted by molar-refractivity contribution is 5.76. The predicted octanol–water partition coefficient (Wildman–Crippen LogP) is 2.73. The maximum absolute atomic E-state index is 11.6. The van der Waals surface area contributed by atoms with Gasteiger partial charge >= 0.3 is 0 Å². The third-order valence-electron chi connectivity index (χ3n) is 3.72. The van der Waals surface area contributed by atoms with Gasteiger partial charge in [-0.05, 0) is 29.3 Å². The lowest BCUT2D eigenvalue weighted by molar-refractivity contribution is -0.130. The molecular weight excluding hydrogens is 320 g/mol. The van der Waals surface area contributed by atoms with Gasteiger partial charge in [-0.2, -0.15) is 0 Å². The average Bonchev–Trinajstić information content (AvgIpc) is 2.62. The van der Waals surface area contributed by atoms with Crippen LogP contribution in [0.25, 0.3) is 5.76 Å². The molecule has 25 heavy (non-hydrogen) atoms. The molecule has 0 heterocycles. The molecule has 0 aliphatic heterocycles. The number of methoxy groups -OCH3 is 1. The lowest BCUT2D eigenvalue weighted by Gasteiger charge is -2.22. The quantitative estimate of drug-likeness (QED) is 0.390. The fourth-order valence-electron chi connectivity index (χ4n) is 2.50. The van der Waals surface area contributed by atoms with Gasteiger partial charge in [0.2, 0.25) is 0 Å². The van der Waals surface area contributed by atoms with Gasteiger partial charge < -0.3 is 9.84 Å². The van der Waals surface area contributed by atoms with Crippen LogP contribution in [0.5, 0.6) is 5.75 Å². The van der Waals surface area contributed by atoms with Crippen molar-refractivity contribution in [3.63, 3.8) is 0 Å². The van der Waals surface area contributed by atoms with Crippen LogP contribution in [0.15, 0.2) is 55.1 Å². The summed E-state index contributed by atoms with van der Waals surface area (Å²) in [7, 11) is 1.61. The summed E-state index contributed by atoms with van der Waals surface area (Å²) < 4.78 is 5.14. The van der Waals surface area contributed by atoms with E-state index in [4.69, 9.17) is 9.94 Å². The number of carbonyl (C=O) groups excluding carboxylic acids is 1. The third kappa shape index (κ3) is 5.63. The molecule has 0 fully saturated rings. The maximum atomic E-state index is 11.6. The van der Waals surface area contributed by atoms with Crippen LogP contribution in [-0.4, -0.2) is 34.8 Å². The van der Waals surface area contributed by atoms with E-state index in [0.717, 1.165) is 16.9 Å². The number of nitrogens with one attached hydrogen (secondary N) is 1. The molecule has 6 nitrogen and oxygen atoms in total. The number of carbonyl (C=O) groups is 1. The van der Waals surface area contributed by atoms with E-state index < -0.39 is 5.91 Å². The topological polar surface area (TPSA) is 82.0 Å². The normalized spacial score (nSPS) is 10.5. The first-order valence-corrected chi connectivity index (χ1v) is 7.77. The summed E-state index contributed by atoms with van der Waals surface area (Å²) in [6, 6.07) is 14.9. The number of nitrogens with zero attached hydrogens (tertiary/aromatic N) is 1. The van der Waals surface area contributed by atoms with E-state index in [-0.39, 0.29) is 12.3 Å². The second kappa shape index (κ2) is 8.86. The molecule has 0 spiro atoms. The molecule has 0 saturated carbocycles. The molecule has 3 N–H and O–H groups in total. The molecule has 0 aliphatic carbocycles. The number of benzene rings is 2. The Kier molecular flexibility index (Phi) is 6.56. The largest absolute Gasteiger partial charge is 0.508 e. The first-order chi connectivity index (χ1) is 12.0. The van der Waals surface area contributed by atoms with Crippen molar-refractivity contribution in [2.75, 3.05) is 13.7 Å². The minimum absolute atomic E-state index is 0.00310. The molecular formula is C19H22N2O4. The fourth-order valence-corrected chi connectivity index (χ4v) is 2.50. The molecule has 0 bridgehead atoms. The summed E-state index contributed by atoms with van der Waals surface area (Å²) in [5.41, 5.74) is 4.22. The first-order valence-electron chi connectivity index (χ1n) is 7.77. The van der Waals surface area contributed by atoms with E-state index in [1.165, 1.54) is 0 Å². The number of hydrogen-bond acceptors (Lipinski definition) is 5. The highest BCUT2D eigenvalue weighted by Crippen LogP contribution is 2.17. The van der Waals surface area contributed by atoms with E-state index in [0.29, 0.717) is 18.7 Å². The van der Waals surface area contributed by atoms with Crippen molar-refractivity contribution in [1.29, 1.82) is 0 Å². The van der Waals surface area contributed by atoms with Crippen LogP contribution in [0.4, 0.5) is 0 Å². The van der Waals surface area contributed by atoms with Crippen LogP contribution in [0.3, 0.4) is 0 Å². The lowest BCUT2D eigenvalue weighted by Crippen LogP contribution is -2.35. The lowest BCUT2D eigenvalue weighted by atomic mass is 10.1. The van der Waals surface area contributed by atoms with Crippen LogP contribution < -0.4 is 10.2 Å². The van der Waals surface area contributed by atoms with Gasteiger partial charge in [-0.25, -0.2) is 5.48 Å². The molecule has 0 saturated heterocycles. The third-order valence-corrected chi connectivity index (χ3v) is 3.72. The second-order valence-corrected chi connectivity index (χ2v) is 5.68. The van der Waals surface area contributed by atoms with Gasteiger partial charge in [0, 0.05) is 18.7 Å². The molecule has 2 aromatic carbocycles. The van der Waals surface area contributed by atoms with E-state index in [1.807, 2.05) is 47.4 Å². The van der Waals surface area contributed by atoms with E-state index in [9.17, 15) is 9.90 Å². The highest BCUT2D eigenvalue weighted by Gasteiger charge is 2.12. The smallest absolute Gasteiger partial charge is 0.257 e. The number of amides is 1. The summed E-state index contributed by atoms with van der Waals surface area (Å²) in [6.07, 6.45) is 0. The van der Waals surface area contributed by atoms with Gasteiger partial charge in [0.05, 0.1) is 13.7 Å². The molecule has 0 radical (unpaired) electrons. The molecule has 0 unspecified atom stereocenters. The Morgan fingerprint density at radius 2 is 1.84 bits per heavy atom. The van der Waals surface area contributed by atoms with Crippen molar-refractivity contribution in [2.45, 2.75) is 13.1 Å².